The second-order valence-corrected chi connectivity index (χ2v) is 3.78. The monoisotopic (exact) mass is 256 g/mol. The highest BCUT2D eigenvalue weighted by Gasteiger charge is 2.07. The molecule has 1 aromatic rings. The van der Waals surface area contributed by atoms with Crippen LogP contribution in [-0.2, 0) is 17.8 Å². The third-order valence-corrected chi connectivity index (χ3v) is 2.83. The molecule has 1 aromatic carbocycles. The highest BCUT2D eigenvalue weighted by Crippen LogP contribution is 2.15. The van der Waals surface area contributed by atoms with E-state index in [0.717, 1.165) is 16.7 Å². The number of alkyl halides is 1. The molecule has 0 fully saturated rings. The number of benzene rings is 1. The topological polar surface area (TPSA) is 37.3 Å². The zero-order valence-corrected chi connectivity index (χ0v) is 9.67. The number of ketones is 1. The highest BCUT2D eigenvalue weighted by molar-refractivity contribution is 9.09. The quantitative estimate of drug-likeness (QED) is 0.837. The van der Waals surface area contributed by atoms with Crippen molar-refractivity contribution < 1.29 is 9.90 Å². The molecule has 0 radical (unpaired) electrons. The van der Waals surface area contributed by atoms with Crippen molar-refractivity contribution in [2.45, 2.75) is 20.0 Å². The molecule has 0 heterocycles. The maximum absolute atomic E-state index is 11.2. The van der Waals surface area contributed by atoms with Gasteiger partial charge in [-0.25, -0.2) is 0 Å². The molecule has 14 heavy (non-hydrogen) atoms. The molecule has 0 amide bonds. The summed E-state index contributed by atoms with van der Waals surface area (Å²) in [7, 11) is 0. The van der Waals surface area contributed by atoms with Gasteiger partial charge in [0.2, 0.25) is 0 Å². The maximum atomic E-state index is 11.2. The van der Waals surface area contributed by atoms with Gasteiger partial charge in [0.1, 0.15) is 5.78 Å². The fraction of sp³-hybridized carbons (Fsp3) is 0.364. The minimum Gasteiger partial charge on any atom is -0.392 e. The molecule has 0 aliphatic carbocycles. The second-order valence-electron chi connectivity index (χ2n) is 3.22. The summed E-state index contributed by atoms with van der Waals surface area (Å²) < 4.78 is 0. The largest absolute Gasteiger partial charge is 0.392 e. The standard InChI is InChI=1S/C11H13BrO2/c1-8-3-2-4-9(11(8)7-13)5-10(14)6-12/h2-4,13H,5-7H2,1H3. The van der Waals surface area contributed by atoms with Crippen molar-refractivity contribution in [3.63, 3.8) is 0 Å². The van der Waals surface area contributed by atoms with Crippen LogP contribution < -0.4 is 0 Å². The molecule has 76 valence electrons. The van der Waals surface area contributed by atoms with E-state index in [2.05, 4.69) is 15.9 Å². The normalized spacial score (nSPS) is 10.2. The van der Waals surface area contributed by atoms with Crippen LogP contribution in [0.2, 0.25) is 0 Å². The van der Waals surface area contributed by atoms with Crippen LogP contribution in [0.4, 0.5) is 0 Å². The van der Waals surface area contributed by atoms with E-state index in [1.54, 1.807) is 0 Å². The lowest BCUT2D eigenvalue weighted by Gasteiger charge is -2.08. The Morgan fingerprint density at radius 2 is 2.21 bits per heavy atom. The molecule has 1 N–H and O–H groups in total. The summed E-state index contributed by atoms with van der Waals surface area (Å²) >= 11 is 3.13. The fourth-order valence-electron chi connectivity index (χ4n) is 1.41. The zero-order valence-electron chi connectivity index (χ0n) is 8.09. The van der Waals surface area contributed by atoms with E-state index >= 15 is 0 Å². The van der Waals surface area contributed by atoms with Crippen LogP contribution >= 0.6 is 15.9 Å². The van der Waals surface area contributed by atoms with Crippen molar-refractivity contribution in [2.24, 2.45) is 0 Å². The van der Waals surface area contributed by atoms with E-state index in [-0.39, 0.29) is 12.4 Å². The molecule has 1 rings (SSSR count). The van der Waals surface area contributed by atoms with Crippen molar-refractivity contribution in [3.8, 4) is 0 Å². The summed E-state index contributed by atoms with van der Waals surface area (Å²) in [5, 5.41) is 9.53. The molecular weight excluding hydrogens is 244 g/mol. The van der Waals surface area contributed by atoms with Crippen LogP contribution in [0, 0.1) is 6.92 Å². The van der Waals surface area contributed by atoms with Gasteiger partial charge < -0.3 is 5.11 Å². The van der Waals surface area contributed by atoms with E-state index < -0.39 is 0 Å². The van der Waals surface area contributed by atoms with Crippen molar-refractivity contribution in [2.75, 3.05) is 5.33 Å². The fourth-order valence-corrected chi connectivity index (χ4v) is 1.61. The number of halogens is 1. The minimum absolute atomic E-state index is 0.00241. The number of hydrogen-bond acceptors (Lipinski definition) is 2. The molecule has 0 aliphatic heterocycles. The van der Waals surface area contributed by atoms with Crippen molar-refractivity contribution in [3.05, 3.63) is 34.9 Å². The number of Topliss-reactive ketones (excluding diaryl/α,β-unsaturated/α-hetero) is 1. The number of aliphatic hydroxyl groups excluding tert-OH is 1. The molecule has 0 aromatic heterocycles. The first kappa shape index (κ1) is 11.4. The van der Waals surface area contributed by atoms with Crippen LogP contribution in [-0.4, -0.2) is 16.2 Å². The van der Waals surface area contributed by atoms with Crippen molar-refractivity contribution in [1.82, 2.24) is 0 Å². The van der Waals surface area contributed by atoms with Gasteiger partial charge in [-0.3, -0.25) is 4.79 Å². The van der Waals surface area contributed by atoms with Gasteiger partial charge in [-0.05, 0) is 23.6 Å². The third-order valence-electron chi connectivity index (χ3n) is 2.20. The van der Waals surface area contributed by atoms with E-state index in [9.17, 15) is 4.79 Å². The van der Waals surface area contributed by atoms with E-state index in [4.69, 9.17) is 5.11 Å². The second kappa shape index (κ2) is 5.27. The Bertz CT molecular complexity index is 334. The third kappa shape index (κ3) is 2.66. The maximum Gasteiger partial charge on any atom is 0.147 e. The number of carbonyl (C=O) groups excluding carboxylic acids is 1. The number of rotatable bonds is 4. The summed E-state index contributed by atoms with van der Waals surface area (Å²) in [5.74, 6) is 0.130. The Balaban J connectivity index is 2.96. The van der Waals surface area contributed by atoms with Crippen LogP contribution in [0.5, 0.6) is 0 Å². The first-order chi connectivity index (χ1) is 6.69. The van der Waals surface area contributed by atoms with Gasteiger partial charge in [0.15, 0.2) is 0 Å². The molecule has 0 atom stereocenters. The molecule has 0 bridgehead atoms. The Morgan fingerprint density at radius 3 is 2.79 bits per heavy atom. The Labute approximate surface area is 92.1 Å². The van der Waals surface area contributed by atoms with Crippen molar-refractivity contribution >= 4 is 21.7 Å². The molecule has 0 spiro atoms. The lowest BCUT2D eigenvalue weighted by molar-refractivity contribution is -0.115. The molecule has 0 saturated carbocycles. The van der Waals surface area contributed by atoms with Gasteiger partial charge in [-0.2, -0.15) is 0 Å². The number of hydrogen-bond donors (Lipinski definition) is 1. The number of aliphatic hydroxyl groups is 1. The Hall–Kier alpha value is -0.670. The first-order valence-electron chi connectivity index (χ1n) is 4.45. The van der Waals surface area contributed by atoms with Crippen LogP contribution in [0.1, 0.15) is 16.7 Å². The van der Waals surface area contributed by atoms with Gasteiger partial charge in [0, 0.05) is 6.42 Å². The first-order valence-corrected chi connectivity index (χ1v) is 5.57. The summed E-state index contributed by atoms with van der Waals surface area (Å²) in [6, 6.07) is 5.73. The van der Waals surface area contributed by atoms with Crippen LogP contribution in [0.15, 0.2) is 18.2 Å². The van der Waals surface area contributed by atoms with Crippen LogP contribution in [0.25, 0.3) is 0 Å². The van der Waals surface area contributed by atoms with E-state index in [1.807, 2.05) is 25.1 Å². The molecule has 0 saturated heterocycles. The molecule has 0 unspecified atom stereocenters. The van der Waals surface area contributed by atoms with Gasteiger partial charge in [-0.15, -0.1) is 0 Å². The number of carbonyl (C=O) groups is 1. The predicted molar refractivity (Wildman–Crippen MR) is 59.6 cm³/mol. The van der Waals surface area contributed by atoms with E-state index in [1.165, 1.54) is 0 Å². The average Bonchev–Trinajstić information content (AvgIpc) is 2.18. The SMILES string of the molecule is Cc1cccc(CC(=O)CBr)c1CO. The van der Waals surface area contributed by atoms with E-state index in [0.29, 0.717) is 11.8 Å². The smallest absolute Gasteiger partial charge is 0.147 e. The summed E-state index contributed by atoms with van der Waals surface area (Å²) in [4.78, 5) is 11.2. The van der Waals surface area contributed by atoms with Crippen LogP contribution in [0.3, 0.4) is 0 Å². The summed E-state index contributed by atoms with van der Waals surface area (Å²) in [6.07, 6.45) is 0.392. The molecule has 3 heteroatoms. The average molecular weight is 257 g/mol. The zero-order chi connectivity index (χ0) is 10.6. The lowest BCUT2D eigenvalue weighted by Crippen LogP contribution is -2.07. The molecule has 2 nitrogen and oxygen atoms in total. The van der Waals surface area contributed by atoms with Gasteiger partial charge >= 0.3 is 0 Å². The Kier molecular flexibility index (Phi) is 4.29. The highest BCUT2D eigenvalue weighted by atomic mass is 79.9. The van der Waals surface area contributed by atoms with Gasteiger partial charge in [0.25, 0.3) is 0 Å². The summed E-state index contributed by atoms with van der Waals surface area (Å²) in [5.41, 5.74) is 2.84. The van der Waals surface area contributed by atoms with Crippen molar-refractivity contribution in [1.29, 1.82) is 0 Å². The minimum atomic E-state index is -0.00241. The molecule has 0 aliphatic rings. The van der Waals surface area contributed by atoms with Gasteiger partial charge in [-0.1, -0.05) is 34.1 Å². The predicted octanol–water partition coefficient (Wildman–Crippen LogP) is 1.99. The number of aryl methyl sites for hydroxylation is 1. The lowest BCUT2D eigenvalue weighted by atomic mass is 9.99. The van der Waals surface area contributed by atoms with Gasteiger partial charge in [0.05, 0.1) is 11.9 Å². The molecular formula is C11H13BrO2. The summed E-state index contributed by atoms with van der Waals surface area (Å²) in [6.45, 7) is 1.94. The Morgan fingerprint density at radius 1 is 1.50 bits per heavy atom.